The van der Waals surface area contributed by atoms with Gasteiger partial charge in [0.15, 0.2) is 0 Å². The predicted octanol–water partition coefficient (Wildman–Crippen LogP) is 8.44. The van der Waals surface area contributed by atoms with Crippen LogP contribution >= 0.6 is 15.9 Å². The van der Waals surface area contributed by atoms with E-state index in [0.717, 1.165) is 51.2 Å². The minimum atomic E-state index is -4.23. The number of halogens is 1. The Balaban J connectivity index is 1.38. The number of para-hydroxylation sites is 1. The molecule has 1 aliphatic rings. The number of amides is 2. The molecule has 0 saturated heterocycles. The van der Waals surface area contributed by atoms with Gasteiger partial charge in [0.1, 0.15) is 24.1 Å². The molecular weight excluding hydrogens is 738 g/mol. The molecule has 0 radical (unpaired) electrons. The number of nitrogens with zero attached hydrogens (tertiary/aromatic N) is 2. The van der Waals surface area contributed by atoms with Crippen LogP contribution < -0.4 is 14.4 Å². The fourth-order valence-electron chi connectivity index (χ4n) is 6.38. The number of carbonyl (C=O) groups excluding carboxylic acids is 2. The summed E-state index contributed by atoms with van der Waals surface area (Å²) in [7, 11) is -4.23. The van der Waals surface area contributed by atoms with Gasteiger partial charge in [-0.15, -0.1) is 0 Å². The highest BCUT2D eigenvalue weighted by atomic mass is 79.9. The minimum absolute atomic E-state index is 0.0328. The maximum absolute atomic E-state index is 14.8. The quantitative estimate of drug-likeness (QED) is 0.122. The Morgan fingerprint density at radius 1 is 0.769 bits per heavy atom. The number of aryl methyl sites for hydroxylation is 1. The molecule has 0 aromatic heterocycles. The number of rotatable bonds is 14. The summed E-state index contributed by atoms with van der Waals surface area (Å²) in [6.07, 6.45) is 4.11. The van der Waals surface area contributed by atoms with Crippen LogP contribution in [-0.4, -0.2) is 43.8 Å². The van der Waals surface area contributed by atoms with Crippen molar-refractivity contribution in [1.82, 2.24) is 10.2 Å². The summed E-state index contributed by atoms with van der Waals surface area (Å²) in [5.74, 6) is 0.387. The maximum atomic E-state index is 14.8. The first-order valence-corrected chi connectivity index (χ1v) is 19.7. The monoisotopic (exact) mass is 779 g/mol. The highest BCUT2D eigenvalue weighted by molar-refractivity contribution is 9.10. The van der Waals surface area contributed by atoms with Crippen LogP contribution in [-0.2, 0) is 32.6 Å². The zero-order valence-electron chi connectivity index (χ0n) is 29.0. The van der Waals surface area contributed by atoms with Gasteiger partial charge in [-0.3, -0.25) is 13.9 Å². The van der Waals surface area contributed by atoms with Crippen LogP contribution in [0.4, 0.5) is 5.69 Å². The van der Waals surface area contributed by atoms with Crippen LogP contribution in [0, 0.1) is 6.92 Å². The van der Waals surface area contributed by atoms with E-state index in [9.17, 15) is 18.0 Å². The van der Waals surface area contributed by atoms with Crippen molar-refractivity contribution in [2.45, 2.75) is 62.6 Å². The summed E-state index contributed by atoms with van der Waals surface area (Å²) >= 11 is 3.49. The van der Waals surface area contributed by atoms with Gasteiger partial charge < -0.3 is 15.0 Å². The van der Waals surface area contributed by atoms with E-state index in [-0.39, 0.29) is 35.5 Å². The molecule has 5 aromatic carbocycles. The predicted molar refractivity (Wildman–Crippen MR) is 208 cm³/mol. The van der Waals surface area contributed by atoms with Crippen molar-refractivity contribution in [2.75, 3.05) is 10.8 Å². The van der Waals surface area contributed by atoms with Crippen molar-refractivity contribution in [3.05, 3.63) is 155 Å². The van der Waals surface area contributed by atoms with E-state index >= 15 is 0 Å². The molecule has 10 heteroatoms. The largest absolute Gasteiger partial charge is 0.457 e. The van der Waals surface area contributed by atoms with Gasteiger partial charge in [-0.1, -0.05) is 107 Å². The first kappa shape index (κ1) is 36.8. The summed E-state index contributed by atoms with van der Waals surface area (Å²) in [6.45, 7) is 1.45. The summed E-state index contributed by atoms with van der Waals surface area (Å²) < 4.78 is 36.8. The normalized spacial score (nSPS) is 13.7. The Hall–Kier alpha value is -4.93. The van der Waals surface area contributed by atoms with Crippen molar-refractivity contribution in [2.24, 2.45) is 0 Å². The summed E-state index contributed by atoms with van der Waals surface area (Å²) in [5, 5.41) is 3.22. The molecule has 5 aromatic rings. The molecule has 1 aliphatic carbocycles. The average Bonchev–Trinajstić information content (AvgIpc) is 3.67. The third-order valence-corrected chi connectivity index (χ3v) is 11.5. The minimum Gasteiger partial charge on any atom is -0.457 e. The van der Waals surface area contributed by atoms with Gasteiger partial charge in [0.25, 0.3) is 10.0 Å². The van der Waals surface area contributed by atoms with Crippen LogP contribution in [0.3, 0.4) is 0 Å². The van der Waals surface area contributed by atoms with Crippen molar-refractivity contribution in [1.29, 1.82) is 0 Å². The molecule has 1 unspecified atom stereocenters. The second-order valence-electron chi connectivity index (χ2n) is 13.1. The fourth-order valence-corrected chi connectivity index (χ4v) is 8.06. The molecule has 0 spiro atoms. The molecule has 268 valence electrons. The van der Waals surface area contributed by atoms with Gasteiger partial charge in [0.2, 0.25) is 11.8 Å². The Labute approximate surface area is 314 Å². The summed E-state index contributed by atoms with van der Waals surface area (Å²) in [5.41, 5.74) is 2.88. The number of carbonyl (C=O) groups is 2. The van der Waals surface area contributed by atoms with Crippen molar-refractivity contribution < 1.29 is 22.7 Å². The number of anilines is 1. The van der Waals surface area contributed by atoms with Gasteiger partial charge in [0, 0.05) is 23.5 Å². The van der Waals surface area contributed by atoms with E-state index in [1.807, 2.05) is 91.9 Å². The van der Waals surface area contributed by atoms with Crippen molar-refractivity contribution >= 4 is 43.5 Å². The third-order valence-electron chi connectivity index (χ3n) is 9.23. The number of benzene rings is 5. The molecule has 1 saturated carbocycles. The van der Waals surface area contributed by atoms with E-state index in [2.05, 4.69) is 21.2 Å². The summed E-state index contributed by atoms with van der Waals surface area (Å²) in [6, 6.07) is 38.7. The van der Waals surface area contributed by atoms with Crippen LogP contribution in [0.1, 0.15) is 42.4 Å². The lowest BCUT2D eigenvalue weighted by Crippen LogP contribution is -2.54. The first-order valence-electron chi connectivity index (χ1n) is 17.5. The number of nitrogens with one attached hydrogen (secondary N) is 1. The van der Waals surface area contributed by atoms with Crippen LogP contribution in [0.5, 0.6) is 11.5 Å². The van der Waals surface area contributed by atoms with Crippen molar-refractivity contribution in [3.8, 4) is 11.5 Å². The number of sulfonamides is 1. The standard InChI is InChI=1S/C42H42BrN3O5S/c1-31-16-26-39(27-17-31)52(49,50)46(36-22-24-38(25-23-36)51-37-14-6-3-7-15-37)30-41(47)45(29-33-18-20-34(43)21-19-33)40(28-32-10-4-2-5-11-32)42(48)44-35-12-8-9-13-35/h2-7,10-11,14-27,35,40H,8-9,12-13,28-30H2,1H3,(H,44,48). The van der Waals surface area contributed by atoms with Gasteiger partial charge in [0.05, 0.1) is 10.6 Å². The Morgan fingerprint density at radius 2 is 1.37 bits per heavy atom. The second-order valence-corrected chi connectivity index (χ2v) is 15.9. The molecule has 0 aliphatic heterocycles. The Kier molecular flexibility index (Phi) is 12.1. The van der Waals surface area contributed by atoms with Gasteiger partial charge in [-0.05, 0) is 91.6 Å². The SMILES string of the molecule is Cc1ccc(S(=O)(=O)N(CC(=O)N(Cc2ccc(Br)cc2)C(Cc2ccccc2)C(=O)NC2CCCC2)c2ccc(Oc3ccccc3)cc2)cc1. The van der Waals surface area contributed by atoms with Gasteiger partial charge in [-0.25, -0.2) is 8.42 Å². The van der Waals surface area contributed by atoms with Crippen LogP contribution in [0.2, 0.25) is 0 Å². The average molecular weight is 781 g/mol. The molecule has 52 heavy (non-hydrogen) atoms. The molecule has 0 heterocycles. The molecule has 0 bridgehead atoms. The lowest BCUT2D eigenvalue weighted by molar-refractivity contribution is -0.140. The lowest BCUT2D eigenvalue weighted by atomic mass is 10.0. The van der Waals surface area contributed by atoms with E-state index < -0.39 is 28.5 Å². The van der Waals surface area contributed by atoms with E-state index in [0.29, 0.717) is 11.5 Å². The highest BCUT2D eigenvalue weighted by Crippen LogP contribution is 2.29. The highest BCUT2D eigenvalue weighted by Gasteiger charge is 2.35. The van der Waals surface area contributed by atoms with Gasteiger partial charge >= 0.3 is 0 Å². The fraction of sp³-hybridized carbons (Fsp3) is 0.238. The Morgan fingerprint density at radius 3 is 2.00 bits per heavy atom. The zero-order chi connectivity index (χ0) is 36.5. The molecule has 1 atom stereocenters. The number of hydrogen-bond acceptors (Lipinski definition) is 5. The van der Waals surface area contributed by atoms with Crippen LogP contribution in [0.25, 0.3) is 0 Å². The Bertz CT molecular complexity index is 2040. The molecular formula is C42H42BrN3O5S. The third kappa shape index (κ3) is 9.48. The number of ether oxygens (including phenoxy) is 1. The topological polar surface area (TPSA) is 96.0 Å². The number of hydrogen-bond donors (Lipinski definition) is 1. The first-order chi connectivity index (χ1) is 25.2. The van der Waals surface area contributed by atoms with Crippen molar-refractivity contribution in [3.63, 3.8) is 0 Å². The zero-order valence-corrected chi connectivity index (χ0v) is 31.4. The molecule has 8 nitrogen and oxygen atoms in total. The molecule has 6 rings (SSSR count). The second kappa shape index (κ2) is 17.1. The summed E-state index contributed by atoms with van der Waals surface area (Å²) in [4.78, 5) is 30.6. The van der Waals surface area contributed by atoms with E-state index in [1.165, 1.54) is 4.90 Å². The van der Waals surface area contributed by atoms with Crippen LogP contribution in [0.15, 0.2) is 143 Å². The molecule has 1 fully saturated rings. The van der Waals surface area contributed by atoms with E-state index in [4.69, 9.17) is 4.74 Å². The molecule has 2 amide bonds. The smallest absolute Gasteiger partial charge is 0.264 e. The molecule has 1 N–H and O–H groups in total. The maximum Gasteiger partial charge on any atom is 0.264 e. The van der Waals surface area contributed by atoms with E-state index in [1.54, 1.807) is 48.5 Å². The van der Waals surface area contributed by atoms with Gasteiger partial charge in [-0.2, -0.15) is 0 Å². The lowest BCUT2D eigenvalue weighted by Gasteiger charge is -2.34.